The molecule has 0 rings (SSSR count). The molecule has 4 heteroatoms. The quantitative estimate of drug-likeness (QED) is 0.0469. The fourth-order valence-corrected chi connectivity index (χ4v) is 5.25. The molecular formula is C45H75NO3. The molecule has 0 aliphatic carbocycles. The number of hydrogen-bond acceptors (Lipinski definition) is 3. The number of nitrogens with one attached hydrogen (secondary N) is 1. The van der Waals surface area contributed by atoms with Crippen LogP contribution in [-0.4, -0.2) is 34.9 Å². The Bertz CT molecular complexity index is 952. The monoisotopic (exact) mass is 678 g/mol. The number of carbonyl (C=O) groups excluding carboxylic acids is 1. The van der Waals surface area contributed by atoms with E-state index in [4.69, 9.17) is 0 Å². The Morgan fingerprint density at radius 2 is 0.918 bits per heavy atom. The number of aliphatic hydroxyl groups excluding tert-OH is 2. The van der Waals surface area contributed by atoms with E-state index in [1.54, 1.807) is 6.08 Å². The number of amides is 1. The van der Waals surface area contributed by atoms with Gasteiger partial charge in [0.1, 0.15) is 0 Å². The van der Waals surface area contributed by atoms with Crippen molar-refractivity contribution < 1.29 is 15.0 Å². The van der Waals surface area contributed by atoms with Gasteiger partial charge in [-0.05, 0) is 83.5 Å². The van der Waals surface area contributed by atoms with Gasteiger partial charge in [0.05, 0.1) is 18.8 Å². The second-order valence-corrected chi connectivity index (χ2v) is 13.0. The van der Waals surface area contributed by atoms with Gasteiger partial charge in [0.2, 0.25) is 5.91 Å². The zero-order valence-corrected chi connectivity index (χ0v) is 31.7. The van der Waals surface area contributed by atoms with E-state index in [1.165, 1.54) is 64.2 Å². The number of unbranched alkanes of at least 4 members (excludes halogenated alkanes) is 13. The third-order valence-corrected chi connectivity index (χ3v) is 8.30. The predicted octanol–water partition coefficient (Wildman–Crippen LogP) is 12.3. The highest BCUT2D eigenvalue weighted by molar-refractivity contribution is 5.76. The molecule has 0 spiro atoms. The summed E-state index contributed by atoms with van der Waals surface area (Å²) < 4.78 is 0. The highest BCUT2D eigenvalue weighted by Gasteiger charge is 2.17. The molecule has 0 bridgehead atoms. The van der Waals surface area contributed by atoms with Gasteiger partial charge in [-0.25, -0.2) is 0 Å². The highest BCUT2D eigenvalue weighted by Crippen LogP contribution is 2.12. The first-order chi connectivity index (χ1) is 24.2. The van der Waals surface area contributed by atoms with Gasteiger partial charge in [0.15, 0.2) is 0 Å². The van der Waals surface area contributed by atoms with Crippen LogP contribution in [0.15, 0.2) is 97.2 Å². The summed E-state index contributed by atoms with van der Waals surface area (Å²) >= 11 is 0. The summed E-state index contributed by atoms with van der Waals surface area (Å²) in [6.07, 6.45) is 59.3. The van der Waals surface area contributed by atoms with Crippen LogP contribution in [0, 0.1) is 0 Å². The zero-order valence-electron chi connectivity index (χ0n) is 31.7. The first kappa shape index (κ1) is 46.3. The molecule has 0 aromatic heterocycles. The van der Waals surface area contributed by atoms with E-state index < -0.39 is 12.1 Å². The lowest BCUT2D eigenvalue weighted by molar-refractivity contribution is -0.123. The second kappa shape index (κ2) is 39.7. The molecule has 3 N–H and O–H groups in total. The summed E-state index contributed by atoms with van der Waals surface area (Å²) in [5.74, 6) is -0.121. The van der Waals surface area contributed by atoms with Gasteiger partial charge in [-0.2, -0.15) is 0 Å². The number of carbonyl (C=O) groups is 1. The van der Waals surface area contributed by atoms with Crippen LogP contribution in [0.1, 0.15) is 162 Å². The van der Waals surface area contributed by atoms with E-state index in [0.29, 0.717) is 6.42 Å². The topological polar surface area (TPSA) is 69.6 Å². The highest BCUT2D eigenvalue weighted by atomic mass is 16.3. The maximum absolute atomic E-state index is 12.3. The van der Waals surface area contributed by atoms with Crippen LogP contribution in [0.2, 0.25) is 0 Å². The zero-order chi connectivity index (χ0) is 35.7. The van der Waals surface area contributed by atoms with Gasteiger partial charge >= 0.3 is 0 Å². The maximum atomic E-state index is 12.3. The van der Waals surface area contributed by atoms with Crippen LogP contribution in [0.25, 0.3) is 0 Å². The van der Waals surface area contributed by atoms with Gasteiger partial charge in [0.25, 0.3) is 0 Å². The first-order valence-corrected chi connectivity index (χ1v) is 20.0. The third kappa shape index (κ3) is 36.4. The number of allylic oxidation sites excluding steroid dienone is 15. The smallest absolute Gasteiger partial charge is 0.220 e. The molecule has 4 nitrogen and oxygen atoms in total. The Balaban J connectivity index is 3.80. The largest absolute Gasteiger partial charge is 0.394 e. The maximum Gasteiger partial charge on any atom is 0.220 e. The van der Waals surface area contributed by atoms with Crippen molar-refractivity contribution in [2.75, 3.05) is 6.61 Å². The number of aliphatic hydroxyl groups is 2. The molecule has 0 aliphatic heterocycles. The van der Waals surface area contributed by atoms with Crippen molar-refractivity contribution in [3.05, 3.63) is 97.2 Å². The average Bonchev–Trinajstić information content (AvgIpc) is 3.10. The Kier molecular flexibility index (Phi) is 37.6. The summed E-state index contributed by atoms with van der Waals surface area (Å²) in [5.41, 5.74) is 0. The lowest BCUT2D eigenvalue weighted by atomic mass is 10.1. The van der Waals surface area contributed by atoms with Crippen LogP contribution in [-0.2, 0) is 4.79 Å². The molecule has 0 saturated heterocycles. The molecule has 0 radical (unpaired) electrons. The number of hydrogen-bond donors (Lipinski definition) is 3. The standard InChI is InChI=1S/C45H75NO3/c1-3-5-7-9-11-13-15-17-19-21-22-23-24-25-27-29-31-33-35-37-39-41-45(49)46-43(42-47)44(48)40-38-36-34-32-30-28-26-20-18-16-14-12-10-8-6-4-2/h5,7,11,13,17,19,22-23,25,27,30-33,38,40,43-44,47-48H,3-4,6,8-10,12,14-16,18,20-21,24,26,28-29,34-37,39,41-42H2,1-2H3,(H,46,49)/b7-5-,13-11-,19-17-,23-22-,27-25-,32-30+,33-31-,40-38+. The Labute approximate surface area is 303 Å². The molecule has 0 heterocycles. The van der Waals surface area contributed by atoms with Crippen LogP contribution in [0.5, 0.6) is 0 Å². The predicted molar refractivity (Wildman–Crippen MR) is 216 cm³/mol. The van der Waals surface area contributed by atoms with Crippen LogP contribution in [0.4, 0.5) is 0 Å². The molecule has 0 aromatic rings. The SMILES string of the molecule is CC/C=C\C/C=C\C/C=C\C/C=C\C/C=C\C/C=C\CCCCC(=O)NC(CO)C(O)/C=C/CC/C=C/CCCCCCCCCCCC. The summed E-state index contributed by atoms with van der Waals surface area (Å²) in [7, 11) is 0. The molecule has 0 fully saturated rings. The van der Waals surface area contributed by atoms with Crippen molar-refractivity contribution in [3.63, 3.8) is 0 Å². The van der Waals surface area contributed by atoms with Crippen molar-refractivity contribution in [2.24, 2.45) is 0 Å². The molecule has 2 atom stereocenters. The number of rotatable bonds is 34. The minimum Gasteiger partial charge on any atom is -0.394 e. The van der Waals surface area contributed by atoms with Crippen molar-refractivity contribution in [1.82, 2.24) is 5.32 Å². The Hall–Kier alpha value is -2.69. The van der Waals surface area contributed by atoms with E-state index in [2.05, 4.69) is 104 Å². The minimum absolute atomic E-state index is 0.121. The van der Waals surface area contributed by atoms with Crippen molar-refractivity contribution in [1.29, 1.82) is 0 Å². The molecule has 278 valence electrons. The lowest BCUT2D eigenvalue weighted by Crippen LogP contribution is -2.45. The third-order valence-electron chi connectivity index (χ3n) is 8.30. The van der Waals surface area contributed by atoms with E-state index in [-0.39, 0.29) is 12.5 Å². The van der Waals surface area contributed by atoms with Gasteiger partial charge in [-0.1, -0.05) is 169 Å². The summed E-state index contributed by atoms with van der Waals surface area (Å²) in [6.45, 7) is 4.14. The Morgan fingerprint density at radius 3 is 1.43 bits per heavy atom. The fourth-order valence-electron chi connectivity index (χ4n) is 5.25. The second-order valence-electron chi connectivity index (χ2n) is 13.0. The first-order valence-electron chi connectivity index (χ1n) is 20.0. The van der Waals surface area contributed by atoms with E-state index in [9.17, 15) is 15.0 Å². The van der Waals surface area contributed by atoms with Crippen molar-refractivity contribution in [3.8, 4) is 0 Å². The minimum atomic E-state index is -0.886. The summed E-state index contributed by atoms with van der Waals surface area (Å²) in [4.78, 5) is 12.3. The van der Waals surface area contributed by atoms with Crippen molar-refractivity contribution in [2.45, 2.75) is 174 Å². The van der Waals surface area contributed by atoms with E-state index in [1.807, 2.05) is 6.08 Å². The summed E-state index contributed by atoms with van der Waals surface area (Å²) in [6, 6.07) is -0.668. The normalized spacial score (nSPS) is 14.1. The van der Waals surface area contributed by atoms with E-state index in [0.717, 1.165) is 77.0 Å². The average molecular weight is 678 g/mol. The molecule has 0 saturated carbocycles. The van der Waals surface area contributed by atoms with E-state index >= 15 is 0 Å². The van der Waals surface area contributed by atoms with Gasteiger partial charge < -0.3 is 15.5 Å². The summed E-state index contributed by atoms with van der Waals surface area (Å²) in [5, 5.41) is 22.9. The van der Waals surface area contributed by atoms with Crippen LogP contribution in [0.3, 0.4) is 0 Å². The van der Waals surface area contributed by atoms with Crippen LogP contribution >= 0.6 is 0 Å². The fraction of sp³-hybridized carbons (Fsp3) is 0.622. The molecule has 0 aromatic carbocycles. The molecule has 1 amide bonds. The van der Waals surface area contributed by atoms with Crippen LogP contribution < -0.4 is 5.32 Å². The van der Waals surface area contributed by atoms with Gasteiger partial charge in [-0.15, -0.1) is 0 Å². The van der Waals surface area contributed by atoms with Gasteiger partial charge in [0, 0.05) is 6.42 Å². The van der Waals surface area contributed by atoms with Crippen molar-refractivity contribution >= 4 is 5.91 Å². The Morgan fingerprint density at radius 1 is 0.510 bits per heavy atom. The molecule has 0 aliphatic rings. The van der Waals surface area contributed by atoms with Gasteiger partial charge in [-0.3, -0.25) is 4.79 Å². The lowest BCUT2D eigenvalue weighted by Gasteiger charge is -2.19. The molecule has 2 unspecified atom stereocenters. The molecular weight excluding hydrogens is 602 g/mol. The molecule has 49 heavy (non-hydrogen) atoms.